The molecule has 0 bridgehead atoms. The zero-order chi connectivity index (χ0) is 14.3. The second-order valence-electron chi connectivity index (χ2n) is 4.61. The zero-order valence-electron chi connectivity index (χ0n) is 10.7. The number of hydrogen-bond acceptors (Lipinski definition) is 3. The summed E-state index contributed by atoms with van der Waals surface area (Å²) in [6.45, 7) is 1.98. The Morgan fingerprint density at radius 2 is 1.90 bits per heavy atom. The van der Waals surface area contributed by atoms with Gasteiger partial charge in [-0.2, -0.15) is 0 Å². The summed E-state index contributed by atoms with van der Waals surface area (Å²) in [6, 6.07) is 10.2. The minimum Gasteiger partial charge on any atom is -0.320 e. The minimum absolute atomic E-state index is 0.0866. The molecule has 3 rings (SSSR count). The molecule has 0 aliphatic carbocycles. The van der Waals surface area contributed by atoms with Gasteiger partial charge in [-0.1, -0.05) is 23.7 Å². The topological polar surface area (TPSA) is 38.9 Å². The number of nitrogens with zero attached hydrogens (tertiary/aromatic N) is 1. The smallest absolute Gasteiger partial charge is 0.141 e. The molecule has 0 aliphatic heterocycles. The highest BCUT2D eigenvalue weighted by Gasteiger charge is 2.12. The third-order valence-corrected chi connectivity index (χ3v) is 4.42. The maximum Gasteiger partial charge on any atom is 0.141 e. The van der Waals surface area contributed by atoms with Crippen molar-refractivity contribution in [1.29, 1.82) is 0 Å². The van der Waals surface area contributed by atoms with Crippen LogP contribution in [0.5, 0.6) is 0 Å². The second kappa shape index (κ2) is 5.13. The summed E-state index contributed by atoms with van der Waals surface area (Å²) in [6.07, 6.45) is 0. The third-order valence-electron chi connectivity index (χ3n) is 3.18. The van der Waals surface area contributed by atoms with Crippen molar-refractivity contribution in [2.24, 2.45) is 5.73 Å². The van der Waals surface area contributed by atoms with Crippen molar-refractivity contribution < 1.29 is 4.39 Å². The van der Waals surface area contributed by atoms with Crippen LogP contribution < -0.4 is 5.73 Å². The first kappa shape index (κ1) is 13.5. The van der Waals surface area contributed by atoms with Gasteiger partial charge in [0.1, 0.15) is 5.82 Å². The lowest BCUT2D eigenvalue weighted by Gasteiger charge is -2.13. The summed E-state index contributed by atoms with van der Waals surface area (Å²) in [7, 11) is 0. The Morgan fingerprint density at radius 1 is 1.20 bits per heavy atom. The fraction of sp³-hybridized carbons (Fsp3) is 0.133. The maximum absolute atomic E-state index is 13.2. The summed E-state index contributed by atoms with van der Waals surface area (Å²) >= 11 is 7.45. The monoisotopic (exact) mass is 306 g/mol. The highest BCUT2D eigenvalue weighted by Crippen LogP contribution is 2.28. The molecule has 1 heterocycles. The molecule has 2 aromatic carbocycles. The van der Waals surface area contributed by atoms with Gasteiger partial charge >= 0.3 is 0 Å². The van der Waals surface area contributed by atoms with Crippen LogP contribution in [0.15, 0.2) is 36.4 Å². The summed E-state index contributed by atoms with van der Waals surface area (Å²) in [5.41, 5.74) is 8.88. The second-order valence-corrected chi connectivity index (χ2v) is 6.25. The molecule has 1 unspecified atom stereocenters. The Kier molecular flexibility index (Phi) is 3.46. The molecule has 0 fully saturated rings. The average molecular weight is 307 g/mol. The number of rotatable bonds is 2. The molecule has 0 saturated carbocycles. The van der Waals surface area contributed by atoms with E-state index in [9.17, 15) is 4.39 Å². The van der Waals surface area contributed by atoms with Crippen LogP contribution in [0.2, 0.25) is 5.02 Å². The van der Waals surface area contributed by atoms with Crippen molar-refractivity contribution in [3.63, 3.8) is 0 Å². The molecule has 0 spiro atoms. The lowest BCUT2D eigenvalue weighted by Crippen LogP contribution is -2.11. The molecule has 0 amide bonds. The molecular weight excluding hydrogens is 295 g/mol. The quantitative estimate of drug-likeness (QED) is 0.760. The van der Waals surface area contributed by atoms with E-state index in [1.807, 2.05) is 25.1 Å². The van der Waals surface area contributed by atoms with Crippen LogP contribution in [0.3, 0.4) is 0 Å². The van der Waals surface area contributed by atoms with Crippen LogP contribution in [-0.4, -0.2) is 4.98 Å². The molecule has 2 N–H and O–H groups in total. The van der Waals surface area contributed by atoms with Crippen LogP contribution in [0.25, 0.3) is 10.2 Å². The molecule has 5 heteroatoms. The largest absolute Gasteiger partial charge is 0.320 e. The summed E-state index contributed by atoms with van der Waals surface area (Å²) in [5, 5.41) is 1.11. The highest BCUT2D eigenvalue weighted by atomic mass is 35.5. The van der Waals surface area contributed by atoms with Gasteiger partial charge in [-0.3, -0.25) is 0 Å². The number of nitrogens with two attached hydrogens (primary N) is 1. The van der Waals surface area contributed by atoms with Crippen LogP contribution in [0.1, 0.15) is 22.2 Å². The Balaban J connectivity index is 2.02. The van der Waals surface area contributed by atoms with E-state index in [4.69, 9.17) is 17.3 Å². The van der Waals surface area contributed by atoms with E-state index in [0.29, 0.717) is 0 Å². The van der Waals surface area contributed by atoms with Gasteiger partial charge in [-0.15, -0.1) is 11.3 Å². The van der Waals surface area contributed by atoms with Gasteiger partial charge in [0.25, 0.3) is 0 Å². The standard InChI is InChI=1S/C15H12ClFN2S/c1-8-19-13-7-10(3-5-14(13)20-8)15(18)9-2-4-12(17)11(16)6-9/h2-7,15H,18H2,1H3. The number of benzene rings is 2. The molecule has 0 radical (unpaired) electrons. The van der Waals surface area contributed by atoms with Crippen LogP contribution in [0, 0.1) is 12.7 Å². The molecular formula is C15H12ClFN2S. The first-order valence-corrected chi connectivity index (χ1v) is 7.31. The summed E-state index contributed by atoms with van der Waals surface area (Å²) in [5.74, 6) is -0.437. The van der Waals surface area contributed by atoms with Gasteiger partial charge in [-0.25, -0.2) is 9.37 Å². The van der Waals surface area contributed by atoms with Crippen molar-refractivity contribution in [2.75, 3.05) is 0 Å². The molecule has 102 valence electrons. The van der Waals surface area contributed by atoms with E-state index in [1.165, 1.54) is 6.07 Å². The molecule has 2 nitrogen and oxygen atoms in total. The molecule has 1 aromatic heterocycles. The predicted octanol–water partition coefficient (Wildman–Crippen LogP) is 4.45. The number of hydrogen-bond donors (Lipinski definition) is 1. The minimum atomic E-state index is -0.437. The van der Waals surface area contributed by atoms with Gasteiger partial charge in [0.15, 0.2) is 0 Å². The van der Waals surface area contributed by atoms with E-state index in [1.54, 1.807) is 23.5 Å². The SMILES string of the molecule is Cc1nc2cc(C(N)c3ccc(F)c(Cl)c3)ccc2s1. The summed E-state index contributed by atoms with van der Waals surface area (Å²) < 4.78 is 14.3. The Labute approximate surface area is 125 Å². The van der Waals surface area contributed by atoms with Gasteiger partial charge in [-0.05, 0) is 42.3 Å². The number of aromatic nitrogens is 1. The van der Waals surface area contributed by atoms with E-state index in [-0.39, 0.29) is 11.1 Å². The van der Waals surface area contributed by atoms with Crippen molar-refractivity contribution in [2.45, 2.75) is 13.0 Å². The Hall–Kier alpha value is -1.49. The number of halogens is 2. The van der Waals surface area contributed by atoms with E-state index in [0.717, 1.165) is 26.4 Å². The lowest BCUT2D eigenvalue weighted by molar-refractivity contribution is 0.627. The Bertz CT molecular complexity index is 785. The molecule has 0 aliphatic rings. The van der Waals surface area contributed by atoms with Crippen LogP contribution in [-0.2, 0) is 0 Å². The first-order chi connectivity index (χ1) is 9.54. The van der Waals surface area contributed by atoms with Gasteiger partial charge < -0.3 is 5.73 Å². The van der Waals surface area contributed by atoms with Crippen molar-refractivity contribution in [3.8, 4) is 0 Å². The normalized spacial score (nSPS) is 12.8. The van der Waals surface area contributed by atoms with Gasteiger partial charge in [0.2, 0.25) is 0 Å². The predicted molar refractivity (Wildman–Crippen MR) is 81.8 cm³/mol. The molecule has 20 heavy (non-hydrogen) atoms. The van der Waals surface area contributed by atoms with Crippen molar-refractivity contribution in [3.05, 3.63) is 63.4 Å². The fourth-order valence-electron chi connectivity index (χ4n) is 2.15. The van der Waals surface area contributed by atoms with Gasteiger partial charge in [0, 0.05) is 0 Å². The van der Waals surface area contributed by atoms with Crippen LogP contribution >= 0.6 is 22.9 Å². The number of thiazole rings is 1. The highest BCUT2D eigenvalue weighted by molar-refractivity contribution is 7.18. The zero-order valence-corrected chi connectivity index (χ0v) is 12.3. The molecule has 3 aromatic rings. The third kappa shape index (κ3) is 2.42. The lowest BCUT2D eigenvalue weighted by atomic mass is 9.99. The summed E-state index contributed by atoms with van der Waals surface area (Å²) in [4.78, 5) is 4.46. The average Bonchev–Trinajstić information content (AvgIpc) is 2.80. The maximum atomic E-state index is 13.2. The van der Waals surface area contributed by atoms with Gasteiger partial charge in [0.05, 0.1) is 26.3 Å². The molecule has 0 saturated heterocycles. The van der Waals surface area contributed by atoms with Crippen molar-refractivity contribution >= 4 is 33.2 Å². The van der Waals surface area contributed by atoms with Crippen molar-refractivity contribution in [1.82, 2.24) is 4.98 Å². The Morgan fingerprint density at radius 3 is 2.65 bits per heavy atom. The fourth-order valence-corrected chi connectivity index (χ4v) is 3.15. The van der Waals surface area contributed by atoms with E-state index >= 15 is 0 Å². The van der Waals surface area contributed by atoms with E-state index in [2.05, 4.69) is 4.98 Å². The first-order valence-electron chi connectivity index (χ1n) is 6.12. The molecule has 1 atom stereocenters. The number of aryl methyl sites for hydroxylation is 1. The van der Waals surface area contributed by atoms with E-state index < -0.39 is 5.82 Å². The van der Waals surface area contributed by atoms with Crippen LogP contribution in [0.4, 0.5) is 4.39 Å². The number of fused-ring (bicyclic) bond motifs is 1.